The van der Waals surface area contributed by atoms with Gasteiger partial charge in [0.05, 0.1) is 38.3 Å². The number of H-pyrrole nitrogens is 1. The first kappa shape index (κ1) is 38.1. The molecule has 152 valence electrons. The van der Waals surface area contributed by atoms with Crippen molar-refractivity contribution in [2.75, 3.05) is 25.7 Å². The molecule has 0 aliphatic rings. The van der Waals surface area contributed by atoms with Crippen molar-refractivity contribution in [2.45, 2.75) is 19.1 Å². The van der Waals surface area contributed by atoms with Gasteiger partial charge < -0.3 is 47.7 Å². The number of aromatic amines is 1. The molecule has 0 saturated heterocycles. The van der Waals surface area contributed by atoms with Crippen LogP contribution >= 0.6 is 15.2 Å². The first-order chi connectivity index (χ1) is 12.6. The molecule has 2 heterocycles. The van der Waals surface area contributed by atoms with Crippen molar-refractivity contribution in [3.05, 3.63) is 23.0 Å². The quantitative estimate of drug-likeness (QED) is 0.169. The van der Waals surface area contributed by atoms with Crippen molar-refractivity contribution in [1.29, 1.82) is 0 Å². The molecule has 0 aliphatic carbocycles. The number of rotatable bonds is 11. The molecule has 1 atom stereocenters. The zero-order valence-corrected chi connectivity index (χ0v) is 27.7. The van der Waals surface area contributed by atoms with Gasteiger partial charge in [0.15, 0.2) is 11.2 Å². The van der Waals surface area contributed by atoms with E-state index in [-0.39, 0.29) is 156 Å². The summed E-state index contributed by atoms with van der Waals surface area (Å²) in [5.41, 5.74) is -0.124. The van der Waals surface area contributed by atoms with Crippen LogP contribution in [0, 0.1) is 0 Å². The van der Waals surface area contributed by atoms with Crippen molar-refractivity contribution < 1.29 is 156 Å². The summed E-state index contributed by atoms with van der Waals surface area (Å²) in [6.45, 7) is -0.388. The van der Waals surface area contributed by atoms with E-state index in [1.165, 1.54) is 17.2 Å². The van der Waals surface area contributed by atoms with Crippen LogP contribution in [0.1, 0.15) is 6.42 Å². The van der Waals surface area contributed by atoms with E-state index in [0.717, 1.165) is 0 Å². The third kappa shape index (κ3) is 15.3. The van der Waals surface area contributed by atoms with Crippen LogP contribution in [0.25, 0.3) is 11.2 Å². The summed E-state index contributed by atoms with van der Waals surface area (Å²) in [5.74, 6) is 0. The molecule has 0 fully saturated rings. The summed E-state index contributed by atoms with van der Waals surface area (Å²) < 4.78 is 33.0. The predicted octanol–water partition coefficient (Wildman–Crippen LogP) is -15.3. The average Bonchev–Trinajstić information content (AvgIpc) is 2.93. The van der Waals surface area contributed by atoms with Crippen LogP contribution in [0.15, 0.2) is 17.4 Å². The van der Waals surface area contributed by atoms with Crippen LogP contribution in [-0.4, -0.2) is 51.3 Å². The molecule has 0 radical (unpaired) electrons. The molecule has 13 nitrogen and oxygen atoms in total. The maximum atomic E-state index is 11.7. The number of hydrogen-bond donors (Lipinski definition) is 1. The molecular formula is C12H16N4Na4O9P2. The van der Waals surface area contributed by atoms with Gasteiger partial charge in [-0.15, -0.1) is 0 Å². The van der Waals surface area contributed by atoms with E-state index in [9.17, 15) is 33.5 Å². The van der Waals surface area contributed by atoms with Crippen LogP contribution in [-0.2, 0) is 25.1 Å². The smallest absolute Gasteiger partial charge is 0.811 e. The van der Waals surface area contributed by atoms with Gasteiger partial charge in [0, 0.05) is 6.61 Å². The van der Waals surface area contributed by atoms with Crippen molar-refractivity contribution in [2.24, 2.45) is 0 Å². The van der Waals surface area contributed by atoms with Crippen molar-refractivity contribution >= 4 is 26.4 Å². The summed E-state index contributed by atoms with van der Waals surface area (Å²) in [4.78, 5) is 64.5. The zero-order chi connectivity index (χ0) is 20.1. The molecule has 0 aliphatic heterocycles. The van der Waals surface area contributed by atoms with Gasteiger partial charge in [-0.25, -0.2) is 9.97 Å². The number of hydrogen-bond acceptors (Lipinski definition) is 11. The number of nitrogens with one attached hydrogen (secondary N) is 1. The monoisotopic (exact) mass is 514 g/mol. The SMILES string of the molecule is O=c1[nH]cnc2c1ncn2C[C@@H](COCP(=O)([O-])[O-])OCCCP(=O)([O-])[O-].[Na+].[Na+].[Na+].[Na+]. The Labute approximate surface area is 266 Å². The van der Waals surface area contributed by atoms with E-state index in [1.54, 1.807) is 0 Å². The van der Waals surface area contributed by atoms with E-state index >= 15 is 0 Å². The Kier molecular flexibility index (Phi) is 22.0. The minimum absolute atomic E-state index is 0. The largest absolute Gasteiger partial charge is 1.00 e. The van der Waals surface area contributed by atoms with E-state index in [1.807, 2.05) is 0 Å². The normalized spacial score (nSPS) is 12.1. The third-order valence-corrected chi connectivity index (χ3v) is 4.65. The van der Waals surface area contributed by atoms with Crippen molar-refractivity contribution in [3.8, 4) is 0 Å². The first-order valence-electron chi connectivity index (χ1n) is 7.65. The molecule has 1 N–H and O–H groups in total. The third-order valence-electron chi connectivity index (χ3n) is 3.29. The topological polar surface area (TPSA) is 208 Å². The molecule has 2 rings (SSSR count). The molecule has 0 bridgehead atoms. The summed E-state index contributed by atoms with van der Waals surface area (Å²) >= 11 is 0. The Bertz CT molecular complexity index is 919. The summed E-state index contributed by atoms with van der Waals surface area (Å²) in [7, 11) is -9.52. The predicted molar refractivity (Wildman–Crippen MR) is 83.4 cm³/mol. The van der Waals surface area contributed by atoms with Gasteiger partial charge in [-0.05, 0) is 20.2 Å². The fraction of sp³-hybridized carbons (Fsp3) is 0.583. The summed E-state index contributed by atoms with van der Waals surface area (Å²) in [5, 5.41) is 0. The van der Waals surface area contributed by atoms with Crippen LogP contribution in [0.3, 0.4) is 0 Å². The van der Waals surface area contributed by atoms with Gasteiger partial charge in [-0.1, -0.05) is 7.60 Å². The van der Waals surface area contributed by atoms with Gasteiger partial charge in [0.1, 0.15) is 0 Å². The summed E-state index contributed by atoms with van der Waals surface area (Å²) in [6.07, 6.45) is -0.00892. The number of fused-ring (bicyclic) bond motifs is 1. The van der Waals surface area contributed by atoms with Crippen molar-refractivity contribution in [1.82, 2.24) is 19.5 Å². The van der Waals surface area contributed by atoms with E-state index < -0.39 is 39.4 Å². The van der Waals surface area contributed by atoms with Gasteiger partial charge in [0.25, 0.3) is 5.56 Å². The Morgan fingerprint density at radius 1 is 1.06 bits per heavy atom. The van der Waals surface area contributed by atoms with E-state index in [4.69, 9.17) is 9.47 Å². The van der Waals surface area contributed by atoms with E-state index in [0.29, 0.717) is 0 Å². The molecule has 0 unspecified atom stereocenters. The number of ether oxygens (including phenoxy) is 2. The molecule has 0 aromatic carbocycles. The molecule has 2 aromatic rings. The fourth-order valence-electron chi connectivity index (χ4n) is 2.20. The van der Waals surface area contributed by atoms with Gasteiger partial charge in [0.2, 0.25) is 0 Å². The first-order valence-corrected chi connectivity index (χ1v) is 11.1. The minimum Gasteiger partial charge on any atom is -0.811 e. The molecule has 0 spiro atoms. The second-order valence-corrected chi connectivity index (χ2v) is 8.74. The molecule has 0 amide bonds. The molecule has 2 aromatic heterocycles. The van der Waals surface area contributed by atoms with Crippen LogP contribution < -0.4 is 143 Å². The fourth-order valence-corrected chi connectivity index (χ4v) is 3.05. The van der Waals surface area contributed by atoms with Crippen LogP contribution in [0.5, 0.6) is 0 Å². The van der Waals surface area contributed by atoms with Gasteiger partial charge in [-0.3, -0.25) is 4.79 Å². The van der Waals surface area contributed by atoms with Crippen molar-refractivity contribution in [3.63, 3.8) is 0 Å². The standard InChI is InChI=1S/C12H20N4O9P2.4Na/c17-12-10-11(13-6-14-12)16(7-15-10)4-9(5-24-8-27(21,22)23)25-2-1-3-26(18,19)20;;;;/h6-7,9H,1-5,8H2,(H,13,14,17)(H2,18,19,20)(H2,21,22,23);;;;/q;4*+1/p-4/t9-;;;;/m0..../s1. The Hall–Kier alpha value is 2.57. The number of imidazole rings is 1. The Morgan fingerprint density at radius 3 is 2.29 bits per heavy atom. The molecule has 19 heteroatoms. The molecule has 31 heavy (non-hydrogen) atoms. The van der Waals surface area contributed by atoms with E-state index in [2.05, 4.69) is 15.0 Å². The summed E-state index contributed by atoms with van der Waals surface area (Å²) in [6, 6.07) is 0. The second-order valence-electron chi connectivity index (χ2n) is 5.59. The number of nitrogens with zero attached hydrogens (tertiary/aromatic N) is 3. The zero-order valence-electron chi connectivity index (χ0n) is 17.9. The maximum Gasteiger partial charge on any atom is 1.00 e. The Morgan fingerprint density at radius 2 is 1.71 bits per heavy atom. The van der Waals surface area contributed by atoms with Crippen LogP contribution in [0.2, 0.25) is 0 Å². The minimum atomic E-state index is -4.87. The molecular weight excluding hydrogens is 498 g/mol. The second kappa shape index (κ2) is 17.9. The number of aromatic nitrogens is 4. The molecule has 0 saturated carbocycles. The maximum absolute atomic E-state index is 11.7. The van der Waals surface area contributed by atoms with Crippen LogP contribution in [0.4, 0.5) is 0 Å². The van der Waals surface area contributed by atoms with Gasteiger partial charge in [-0.2, -0.15) is 0 Å². The Balaban J connectivity index is -0.00000196. The average molecular weight is 514 g/mol. The van der Waals surface area contributed by atoms with Gasteiger partial charge >= 0.3 is 118 Å².